The molecule has 0 fully saturated rings. The third-order valence-corrected chi connectivity index (χ3v) is 2.55. The average Bonchev–Trinajstić information content (AvgIpc) is 2.16. The highest BCUT2D eigenvalue weighted by molar-refractivity contribution is 6.31. The van der Waals surface area contributed by atoms with Crippen LogP contribution in [0.4, 0.5) is 13.2 Å². The van der Waals surface area contributed by atoms with Gasteiger partial charge in [0.25, 0.3) is 0 Å². The molecule has 1 aromatic rings. The zero-order chi connectivity index (χ0) is 12.2. The van der Waals surface area contributed by atoms with Crippen LogP contribution in [0.5, 0.6) is 0 Å². The van der Waals surface area contributed by atoms with E-state index in [0.717, 1.165) is 0 Å². The summed E-state index contributed by atoms with van der Waals surface area (Å²) in [5.41, 5.74) is 0.478. The molecule has 1 N–H and O–H groups in total. The summed E-state index contributed by atoms with van der Waals surface area (Å²) in [5.74, 6) is 0. The molecule has 0 bridgehead atoms. The first kappa shape index (κ1) is 13.3. The maximum absolute atomic E-state index is 11.9. The van der Waals surface area contributed by atoms with E-state index in [1.165, 1.54) is 0 Å². The van der Waals surface area contributed by atoms with Gasteiger partial charge in [-0.2, -0.15) is 13.2 Å². The first-order chi connectivity index (χ1) is 7.40. The van der Waals surface area contributed by atoms with E-state index in [2.05, 4.69) is 0 Å². The van der Waals surface area contributed by atoms with Crippen molar-refractivity contribution in [3.8, 4) is 0 Å². The van der Waals surface area contributed by atoms with Crippen LogP contribution in [0.2, 0.25) is 5.02 Å². The number of benzene rings is 1. The summed E-state index contributed by atoms with van der Waals surface area (Å²) in [6.07, 6.45) is -6.02. The van der Waals surface area contributed by atoms with Crippen LogP contribution in [0.15, 0.2) is 24.3 Å². The Morgan fingerprint density at radius 2 is 1.88 bits per heavy atom. The van der Waals surface area contributed by atoms with Crippen molar-refractivity contribution in [2.45, 2.75) is 31.5 Å². The third-order valence-electron chi connectivity index (χ3n) is 2.20. The van der Waals surface area contributed by atoms with E-state index in [4.69, 9.17) is 11.6 Å². The minimum atomic E-state index is -4.17. The molecule has 90 valence electrons. The number of aliphatic hydroxyl groups is 1. The zero-order valence-corrected chi connectivity index (χ0v) is 9.22. The van der Waals surface area contributed by atoms with E-state index in [-0.39, 0.29) is 12.8 Å². The number of aliphatic hydroxyl groups excluding tert-OH is 1. The van der Waals surface area contributed by atoms with Gasteiger partial charge in [0.15, 0.2) is 0 Å². The van der Waals surface area contributed by atoms with Crippen LogP contribution in [-0.2, 0) is 0 Å². The lowest BCUT2D eigenvalue weighted by Gasteiger charge is -2.13. The van der Waals surface area contributed by atoms with Crippen molar-refractivity contribution in [2.24, 2.45) is 0 Å². The minimum absolute atomic E-state index is 0.0588. The van der Waals surface area contributed by atoms with Gasteiger partial charge < -0.3 is 5.11 Å². The Balaban J connectivity index is 2.47. The lowest BCUT2D eigenvalue weighted by molar-refractivity contribution is -0.136. The summed E-state index contributed by atoms with van der Waals surface area (Å²) in [4.78, 5) is 0. The Kier molecular flexibility index (Phi) is 4.62. The van der Waals surface area contributed by atoms with Gasteiger partial charge in [-0.25, -0.2) is 0 Å². The minimum Gasteiger partial charge on any atom is -0.388 e. The summed E-state index contributed by atoms with van der Waals surface area (Å²) in [6.45, 7) is 0. The number of rotatable bonds is 4. The highest BCUT2D eigenvalue weighted by Crippen LogP contribution is 2.29. The van der Waals surface area contributed by atoms with Crippen molar-refractivity contribution in [2.75, 3.05) is 0 Å². The molecular formula is C11H12ClF3O. The highest BCUT2D eigenvalue weighted by atomic mass is 35.5. The van der Waals surface area contributed by atoms with Gasteiger partial charge in [0, 0.05) is 11.4 Å². The molecule has 0 amide bonds. The van der Waals surface area contributed by atoms with Gasteiger partial charge in [0.1, 0.15) is 0 Å². The van der Waals surface area contributed by atoms with Crippen LogP contribution in [0.3, 0.4) is 0 Å². The standard InChI is InChI=1S/C11H12ClF3O/c12-9-5-2-1-4-8(9)10(16)6-3-7-11(13,14)15/h1-2,4-5,10,16H,3,6-7H2. The number of hydrogen-bond donors (Lipinski definition) is 1. The van der Waals surface area contributed by atoms with Crippen molar-refractivity contribution in [1.29, 1.82) is 0 Å². The molecule has 0 aliphatic rings. The Morgan fingerprint density at radius 1 is 1.25 bits per heavy atom. The summed E-state index contributed by atoms with van der Waals surface area (Å²) in [5, 5.41) is 10.0. The van der Waals surface area contributed by atoms with Crippen molar-refractivity contribution in [3.63, 3.8) is 0 Å². The quantitative estimate of drug-likeness (QED) is 0.855. The second-order valence-corrected chi connectivity index (χ2v) is 3.95. The lowest BCUT2D eigenvalue weighted by Crippen LogP contribution is -2.08. The van der Waals surface area contributed by atoms with Crippen LogP contribution in [0.25, 0.3) is 0 Å². The van der Waals surface area contributed by atoms with Gasteiger partial charge in [0.05, 0.1) is 6.10 Å². The van der Waals surface area contributed by atoms with Gasteiger partial charge in [-0.15, -0.1) is 0 Å². The summed E-state index contributed by atoms with van der Waals surface area (Å²) in [6, 6.07) is 6.60. The molecule has 1 unspecified atom stereocenters. The molecule has 5 heteroatoms. The van der Waals surface area contributed by atoms with Crippen LogP contribution in [0, 0.1) is 0 Å². The van der Waals surface area contributed by atoms with Crippen molar-refractivity contribution >= 4 is 11.6 Å². The van der Waals surface area contributed by atoms with Crippen LogP contribution in [0.1, 0.15) is 30.9 Å². The fraction of sp³-hybridized carbons (Fsp3) is 0.455. The van der Waals surface area contributed by atoms with E-state index in [1.807, 2.05) is 0 Å². The molecule has 0 saturated heterocycles. The predicted octanol–water partition coefficient (Wildman–Crippen LogP) is 4.11. The Bertz CT molecular complexity index is 338. The maximum Gasteiger partial charge on any atom is 0.389 e. The van der Waals surface area contributed by atoms with E-state index < -0.39 is 18.7 Å². The molecule has 16 heavy (non-hydrogen) atoms. The summed E-state index contributed by atoms with van der Waals surface area (Å²) >= 11 is 5.81. The molecule has 0 heterocycles. The van der Waals surface area contributed by atoms with Crippen molar-refractivity contribution < 1.29 is 18.3 Å². The zero-order valence-electron chi connectivity index (χ0n) is 8.47. The van der Waals surface area contributed by atoms with Gasteiger partial charge >= 0.3 is 6.18 Å². The Hall–Kier alpha value is -0.740. The van der Waals surface area contributed by atoms with Gasteiger partial charge in [-0.1, -0.05) is 29.8 Å². The third kappa shape index (κ3) is 4.41. The van der Waals surface area contributed by atoms with Gasteiger partial charge in [-0.3, -0.25) is 0 Å². The molecule has 0 spiro atoms. The molecule has 1 aromatic carbocycles. The molecule has 0 saturated carbocycles. The second-order valence-electron chi connectivity index (χ2n) is 3.54. The van der Waals surface area contributed by atoms with Crippen LogP contribution in [-0.4, -0.2) is 11.3 Å². The first-order valence-corrected chi connectivity index (χ1v) is 5.27. The molecule has 0 aromatic heterocycles. The number of alkyl halides is 3. The normalized spacial score (nSPS) is 13.8. The molecule has 0 radical (unpaired) electrons. The molecule has 0 aliphatic carbocycles. The largest absolute Gasteiger partial charge is 0.389 e. The van der Waals surface area contributed by atoms with E-state index in [1.54, 1.807) is 24.3 Å². The number of hydrogen-bond acceptors (Lipinski definition) is 1. The molecule has 0 aliphatic heterocycles. The lowest BCUT2D eigenvalue weighted by atomic mass is 10.0. The summed E-state index contributed by atoms with van der Waals surface area (Å²) in [7, 11) is 0. The summed E-state index contributed by atoms with van der Waals surface area (Å²) < 4.78 is 35.6. The predicted molar refractivity (Wildman–Crippen MR) is 56.3 cm³/mol. The monoisotopic (exact) mass is 252 g/mol. The Labute approximate surface area is 96.9 Å². The van der Waals surface area contributed by atoms with Gasteiger partial charge in [-0.05, 0) is 24.5 Å². The maximum atomic E-state index is 11.9. The van der Waals surface area contributed by atoms with Crippen molar-refractivity contribution in [3.05, 3.63) is 34.9 Å². The van der Waals surface area contributed by atoms with Crippen LogP contribution >= 0.6 is 11.6 Å². The first-order valence-electron chi connectivity index (χ1n) is 4.89. The van der Waals surface area contributed by atoms with Crippen molar-refractivity contribution in [1.82, 2.24) is 0 Å². The fourth-order valence-electron chi connectivity index (χ4n) is 1.40. The van der Waals surface area contributed by atoms with E-state index >= 15 is 0 Å². The smallest absolute Gasteiger partial charge is 0.388 e. The van der Waals surface area contributed by atoms with E-state index in [9.17, 15) is 18.3 Å². The molecule has 1 nitrogen and oxygen atoms in total. The van der Waals surface area contributed by atoms with E-state index in [0.29, 0.717) is 10.6 Å². The SMILES string of the molecule is OC(CCCC(F)(F)F)c1ccccc1Cl. The fourth-order valence-corrected chi connectivity index (χ4v) is 1.66. The average molecular weight is 253 g/mol. The Morgan fingerprint density at radius 3 is 2.44 bits per heavy atom. The molecule has 1 atom stereocenters. The second kappa shape index (κ2) is 5.55. The van der Waals surface area contributed by atoms with Crippen LogP contribution < -0.4 is 0 Å². The molecular weight excluding hydrogens is 241 g/mol. The molecule has 1 rings (SSSR count). The number of halogens is 4. The highest BCUT2D eigenvalue weighted by Gasteiger charge is 2.26. The van der Waals surface area contributed by atoms with Gasteiger partial charge in [0.2, 0.25) is 0 Å². The topological polar surface area (TPSA) is 20.2 Å².